The molecule has 3 atom stereocenters. The number of amides is 3. The molecule has 3 aromatic rings. The number of nitrogen functional groups attached to an aromatic ring is 1. The Morgan fingerprint density at radius 3 is 2.74 bits per heavy atom. The summed E-state index contributed by atoms with van der Waals surface area (Å²) in [6, 6.07) is 10.3. The van der Waals surface area contributed by atoms with Crippen LogP contribution in [0.5, 0.6) is 0 Å². The normalized spacial score (nSPS) is 19.0. The van der Waals surface area contributed by atoms with Crippen LogP contribution in [0.4, 0.5) is 10.6 Å². The minimum Gasteiger partial charge on any atom is -0.480 e. The number of pyridine rings is 2. The summed E-state index contributed by atoms with van der Waals surface area (Å²) in [5.41, 5.74) is 7.91. The number of carbonyl (C=O) groups excluding carboxylic acids is 2. The number of rotatable bonds is 5. The monoisotopic (exact) mass is 419 g/mol. The van der Waals surface area contributed by atoms with Gasteiger partial charge in [0.2, 0.25) is 5.91 Å². The first-order chi connectivity index (χ1) is 14.8. The number of likely N-dealkylation sites (tertiary alicyclic amines) is 1. The molecule has 0 bridgehead atoms. The molecule has 1 aromatic carbocycles. The SMILES string of the molecule is CC(NC(=O)N1C(=O)[C@H](Cc2ccnc(N)c2)[C@H]1C(=O)O)c1cnc2ccccc2c1. The third-order valence-electron chi connectivity index (χ3n) is 5.44. The number of hydrogen-bond acceptors (Lipinski definition) is 6. The van der Waals surface area contributed by atoms with Gasteiger partial charge in [0.25, 0.3) is 0 Å². The zero-order chi connectivity index (χ0) is 22.1. The Hall–Kier alpha value is -4.01. The van der Waals surface area contributed by atoms with Gasteiger partial charge in [0.15, 0.2) is 6.04 Å². The molecule has 31 heavy (non-hydrogen) atoms. The van der Waals surface area contributed by atoms with Crippen LogP contribution < -0.4 is 11.1 Å². The quantitative estimate of drug-likeness (QED) is 0.539. The van der Waals surface area contributed by atoms with E-state index in [1.807, 2.05) is 30.3 Å². The van der Waals surface area contributed by atoms with Gasteiger partial charge in [-0.05, 0) is 48.7 Å². The molecular weight excluding hydrogens is 398 g/mol. The second kappa shape index (κ2) is 8.02. The van der Waals surface area contributed by atoms with Crippen molar-refractivity contribution in [2.75, 3.05) is 5.73 Å². The van der Waals surface area contributed by atoms with E-state index in [-0.39, 0.29) is 12.2 Å². The number of aromatic nitrogens is 2. The highest BCUT2D eigenvalue weighted by atomic mass is 16.4. The highest BCUT2D eigenvalue weighted by molar-refractivity contribution is 6.07. The number of benzene rings is 1. The first-order valence-electron chi connectivity index (χ1n) is 9.76. The summed E-state index contributed by atoms with van der Waals surface area (Å²) in [7, 11) is 0. The molecule has 1 aliphatic rings. The molecule has 9 nitrogen and oxygen atoms in total. The predicted molar refractivity (Wildman–Crippen MR) is 113 cm³/mol. The Balaban J connectivity index is 1.48. The van der Waals surface area contributed by atoms with Gasteiger partial charge in [0, 0.05) is 17.8 Å². The highest BCUT2D eigenvalue weighted by Gasteiger charge is 2.54. The van der Waals surface area contributed by atoms with Crippen LogP contribution in [-0.2, 0) is 16.0 Å². The van der Waals surface area contributed by atoms with Gasteiger partial charge < -0.3 is 16.2 Å². The van der Waals surface area contributed by atoms with E-state index in [1.54, 1.807) is 25.3 Å². The Morgan fingerprint density at radius 2 is 2.00 bits per heavy atom. The summed E-state index contributed by atoms with van der Waals surface area (Å²) in [5.74, 6) is -2.34. The third kappa shape index (κ3) is 3.89. The lowest BCUT2D eigenvalue weighted by atomic mass is 9.82. The number of β-lactam (4-membered cyclic amide) rings is 1. The largest absolute Gasteiger partial charge is 0.480 e. The maximum atomic E-state index is 12.7. The number of nitrogens with one attached hydrogen (secondary N) is 1. The number of urea groups is 1. The van der Waals surface area contributed by atoms with Gasteiger partial charge in [-0.15, -0.1) is 0 Å². The summed E-state index contributed by atoms with van der Waals surface area (Å²) >= 11 is 0. The molecule has 1 fully saturated rings. The lowest BCUT2D eigenvalue weighted by Crippen LogP contribution is -2.68. The molecule has 0 radical (unpaired) electrons. The van der Waals surface area contributed by atoms with Crippen molar-refractivity contribution in [3.8, 4) is 0 Å². The van der Waals surface area contributed by atoms with Crippen molar-refractivity contribution in [1.29, 1.82) is 0 Å². The van der Waals surface area contributed by atoms with E-state index in [0.29, 0.717) is 5.56 Å². The van der Waals surface area contributed by atoms with Crippen molar-refractivity contribution in [2.24, 2.45) is 5.92 Å². The lowest BCUT2D eigenvalue weighted by Gasteiger charge is -2.43. The Kier molecular flexibility index (Phi) is 5.24. The van der Waals surface area contributed by atoms with Crippen LogP contribution in [0.3, 0.4) is 0 Å². The maximum absolute atomic E-state index is 12.7. The van der Waals surface area contributed by atoms with Gasteiger partial charge in [-0.25, -0.2) is 19.5 Å². The molecule has 1 saturated heterocycles. The molecule has 9 heteroatoms. The first kappa shape index (κ1) is 20.3. The number of anilines is 1. The molecule has 4 rings (SSSR count). The number of para-hydroxylation sites is 1. The molecule has 0 saturated carbocycles. The molecule has 3 heterocycles. The minimum absolute atomic E-state index is 0.163. The van der Waals surface area contributed by atoms with Crippen LogP contribution in [0.1, 0.15) is 24.1 Å². The molecule has 3 amide bonds. The highest BCUT2D eigenvalue weighted by Crippen LogP contribution is 2.31. The lowest BCUT2D eigenvalue weighted by molar-refractivity contribution is -0.165. The van der Waals surface area contributed by atoms with E-state index < -0.39 is 35.9 Å². The maximum Gasteiger partial charge on any atom is 0.327 e. The number of fused-ring (bicyclic) bond motifs is 1. The van der Waals surface area contributed by atoms with Crippen LogP contribution in [0, 0.1) is 5.92 Å². The van der Waals surface area contributed by atoms with Crippen LogP contribution in [0.25, 0.3) is 10.9 Å². The van der Waals surface area contributed by atoms with Gasteiger partial charge in [0.05, 0.1) is 17.5 Å². The van der Waals surface area contributed by atoms with E-state index in [4.69, 9.17) is 5.73 Å². The smallest absolute Gasteiger partial charge is 0.327 e. The Morgan fingerprint density at radius 1 is 1.23 bits per heavy atom. The average Bonchev–Trinajstić information content (AvgIpc) is 2.74. The fourth-order valence-corrected chi connectivity index (χ4v) is 3.79. The van der Waals surface area contributed by atoms with E-state index in [9.17, 15) is 19.5 Å². The Bertz CT molecular complexity index is 1180. The number of carboxylic acids is 1. The number of imide groups is 1. The van der Waals surface area contributed by atoms with Crippen LogP contribution in [0.15, 0.2) is 54.9 Å². The first-order valence-corrected chi connectivity index (χ1v) is 9.76. The van der Waals surface area contributed by atoms with Crippen LogP contribution in [0.2, 0.25) is 0 Å². The molecule has 158 valence electrons. The number of aliphatic carboxylic acids is 1. The fraction of sp³-hybridized carbons (Fsp3) is 0.227. The van der Waals surface area contributed by atoms with Crippen LogP contribution in [-0.4, -0.2) is 43.9 Å². The Labute approximate surface area is 177 Å². The van der Waals surface area contributed by atoms with E-state index in [2.05, 4.69) is 15.3 Å². The van der Waals surface area contributed by atoms with E-state index in [0.717, 1.165) is 21.4 Å². The van der Waals surface area contributed by atoms with Crippen molar-refractivity contribution < 1.29 is 19.5 Å². The zero-order valence-electron chi connectivity index (χ0n) is 16.7. The second-order valence-corrected chi connectivity index (χ2v) is 7.52. The van der Waals surface area contributed by atoms with Gasteiger partial charge in [0.1, 0.15) is 5.82 Å². The van der Waals surface area contributed by atoms with Gasteiger partial charge in [-0.1, -0.05) is 18.2 Å². The van der Waals surface area contributed by atoms with E-state index >= 15 is 0 Å². The van der Waals surface area contributed by atoms with Crippen molar-refractivity contribution >= 4 is 34.6 Å². The number of hydrogen-bond donors (Lipinski definition) is 3. The van der Waals surface area contributed by atoms with Crippen molar-refractivity contribution in [1.82, 2.24) is 20.2 Å². The van der Waals surface area contributed by atoms with E-state index in [1.165, 1.54) is 6.20 Å². The molecule has 1 unspecified atom stereocenters. The van der Waals surface area contributed by atoms with Crippen molar-refractivity contribution in [3.05, 3.63) is 66.0 Å². The molecule has 2 aromatic heterocycles. The molecule has 4 N–H and O–H groups in total. The van der Waals surface area contributed by atoms with Crippen LogP contribution >= 0.6 is 0 Å². The topological polar surface area (TPSA) is 139 Å². The summed E-state index contributed by atoms with van der Waals surface area (Å²) in [4.78, 5) is 46.2. The molecule has 0 spiro atoms. The van der Waals surface area contributed by atoms with Gasteiger partial charge >= 0.3 is 12.0 Å². The second-order valence-electron chi connectivity index (χ2n) is 7.52. The van der Waals surface area contributed by atoms with Crippen molar-refractivity contribution in [3.63, 3.8) is 0 Å². The predicted octanol–water partition coefficient (Wildman–Crippen LogP) is 2.14. The summed E-state index contributed by atoms with van der Waals surface area (Å²) in [6.07, 6.45) is 3.31. The minimum atomic E-state index is -1.25. The summed E-state index contributed by atoms with van der Waals surface area (Å²) in [6.45, 7) is 1.75. The van der Waals surface area contributed by atoms with Gasteiger partial charge in [-0.3, -0.25) is 9.78 Å². The summed E-state index contributed by atoms with van der Waals surface area (Å²) in [5, 5.41) is 13.2. The number of carbonyl (C=O) groups is 3. The average molecular weight is 419 g/mol. The standard InChI is InChI=1S/C22H21N5O4/c1-12(15-10-14-4-2-3-5-17(14)25-11-15)26-22(31)27-19(21(29)30)16(20(27)28)8-13-6-7-24-18(23)9-13/h2-7,9-12,16,19H,8H2,1H3,(H2,23,24)(H,26,31)(H,29,30)/t12?,16-,19+/m1/s1. The van der Waals surface area contributed by atoms with Crippen molar-refractivity contribution in [2.45, 2.75) is 25.4 Å². The molecule has 1 aliphatic heterocycles. The number of carboxylic acid groups (broad SMARTS) is 1. The van der Waals surface area contributed by atoms with Gasteiger partial charge in [-0.2, -0.15) is 0 Å². The summed E-state index contributed by atoms with van der Waals surface area (Å²) < 4.78 is 0. The number of nitrogens with zero attached hydrogens (tertiary/aromatic N) is 3. The number of nitrogens with two attached hydrogens (primary N) is 1. The fourth-order valence-electron chi connectivity index (χ4n) is 3.79. The molecular formula is C22H21N5O4. The zero-order valence-corrected chi connectivity index (χ0v) is 16.7. The third-order valence-corrected chi connectivity index (χ3v) is 5.44. The molecule has 0 aliphatic carbocycles.